The quantitative estimate of drug-likeness (QED) is 0.0812. The number of hydrogen-bond donors (Lipinski definition) is 0. The first kappa shape index (κ1) is 47.9. The Balaban J connectivity index is 0.000000388. The highest BCUT2D eigenvalue weighted by Gasteiger charge is 2.21. The third kappa shape index (κ3) is 15.3. The number of amides is 2. The predicted molar refractivity (Wildman–Crippen MR) is 227 cm³/mol. The minimum absolute atomic E-state index is 0. The minimum atomic E-state index is -0.395. The van der Waals surface area contributed by atoms with Gasteiger partial charge in [0, 0.05) is 60.6 Å². The predicted octanol–water partition coefficient (Wildman–Crippen LogP) is 7.05. The molecule has 4 rings (SSSR count). The summed E-state index contributed by atoms with van der Waals surface area (Å²) in [6.07, 6.45) is 0.533. The molecule has 0 unspecified atom stereocenters. The molecule has 0 atom stereocenters. The lowest BCUT2D eigenvalue weighted by atomic mass is 10.1. The number of rotatable bonds is 21. The van der Waals surface area contributed by atoms with Gasteiger partial charge < -0.3 is 38.2 Å². The van der Waals surface area contributed by atoms with Crippen molar-refractivity contribution >= 4 is 12.3 Å². The summed E-state index contributed by atoms with van der Waals surface area (Å²) < 4.78 is 33.0. The summed E-state index contributed by atoms with van der Waals surface area (Å²) >= 11 is 0. The van der Waals surface area contributed by atoms with E-state index in [1.54, 1.807) is 51.7 Å². The molecular weight excluding hydrogens is 725 g/mol. The minimum Gasteiger partial charge on any atom is -0.497 e. The first-order valence-electron chi connectivity index (χ1n) is 18.6. The van der Waals surface area contributed by atoms with Crippen LogP contribution < -0.4 is 28.4 Å². The lowest BCUT2D eigenvalue weighted by Crippen LogP contribution is -2.30. The summed E-state index contributed by atoms with van der Waals surface area (Å²) in [4.78, 5) is 32.3. The standard InChI is InChI=1S/C22H28N2O5.C22H32N2O3.CH4/c1-16-19(7-6-8-20(16)29-12-11-23(2)3)22(26)24(15-25)14-17-9-10-18(27-4)13-21(17)28-5;1-6-24(17-19-10-11-20(25-4)15-22(19)26-5)16-18-8-7-9-21(14-18)27-13-12-23(2)3;/h6-10,13,15H,11-12,14H2,1-5H3;7-11,14-15H,6,12-13,16-17H2,1-5H3;1H4. The Labute approximate surface area is 340 Å². The number of nitrogens with zero attached hydrogens (tertiary/aromatic N) is 4. The van der Waals surface area contributed by atoms with Crippen molar-refractivity contribution in [3.05, 3.63) is 107 Å². The van der Waals surface area contributed by atoms with Crippen molar-refractivity contribution in [1.82, 2.24) is 19.6 Å². The summed E-state index contributed by atoms with van der Waals surface area (Å²) in [5, 5.41) is 0. The maximum absolute atomic E-state index is 13.0. The van der Waals surface area contributed by atoms with E-state index in [2.05, 4.69) is 41.0 Å². The van der Waals surface area contributed by atoms with Crippen molar-refractivity contribution in [2.24, 2.45) is 0 Å². The highest BCUT2D eigenvalue weighted by molar-refractivity contribution is 6.01. The Morgan fingerprint density at radius 3 is 1.72 bits per heavy atom. The molecule has 0 fully saturated rings. The van der Waals surface area contributed by atoms with Crippen molar-refractivity contribution in [2.75, 3.05) is 89.5 Å². The van der Waals surface area contributed by atoms with Gasteiger partial charge in [0.2, 0.25) is 6.41 Å². The largest absolute Gasteiger partial charge is 0.497 e. The van der Waals surface area contributed by atoms with E-state index in [0.717, 1.165) is 60.4 Å². The van der Waals surface area contributed by atoms with Crippen LogP contribution in [-0.2, 0) is 24.4 Å². The zero-order valence-corrected chi connectivity index (χ0v) is 34.8. The molecule has 4 aromatic rings. The van der Waals surface area contributed by atoms with Gasteiger partial charge in [-0.25, -0.2) is 0 Å². The van der Waals surface area contributed by atoms with Crippen LogP contribution in [0.1, 0.15) is 47.0 Å². The third-order valence-electron chi connectivity index (χ3n) is 8.98. The van der Waals surface area contributed by atoms with Crippen LogP contribution in [0.25, 0.3) is 0 Å². The molecule has 0 heterocycles. The van der Waals surface area contributed by atoms with Crippen molar-refractivity contribution in [3.8, 4) is 34.5 Å². The van der Waals surface area contributed by atoms with Gasteiger partial charge in [0.05, 0.1) is 35.0 Å². The first-order valence-corrected chi connectivity index (χ1v) is 18.6. The molecular formula is C45H64N4O8. The smallest absolute Gasteiger partial charge is 0.260 e. The van der Waals surface area contributed by atoms with Crippen molar-refractivity contribution in [3.63, 3.8) is 0 Å². The van der Waals surface area contributed by atoms with E-state index in [4.69, 9.17) is 28.4 Å². The monoisotopic (exact) mass is 788 g/mol. The number of benzene rings is 4. The van der Waals surface area contributed by atoms with Gasteiger partial charge in [0.15, 0.2) is 0 Å². The summed E-state index contributed by atoms with van der Waals surface area (Å²) in [5.41, 5.74) is 4.21. The summed E-state index contributed by atoms with van der Waals surface area (Å²) in [7, 11) is 14.5. The molecule has 0 N–H and O–H groups in total. The van der Waals surface area contributed by atoms with Gasteiger partial charge in [-0.15, -0.1) is 0 Å². The zero-order chi connectivity index (χ0) is 41.0. The van der Waals surface area contributed by atoms with Gasteiger partial charge in [0.1, 0.15) is 47.7 Å². The molecule has 0 saturated carbocycles. The molecule has 12 nitrogen and oxygen atoms in total. The molecule has 0 saturated heterocycles. The number of likely N-dealkylation sites (N-methyl/N-ethyl adjacent to an activating group) is 2. The van der Waals surface area contributed by atoms with Gasteiger partial charge in [-0.3, -0.25) is 19.4 Å². The van der Waals surface area contributed by atoms with Crippen molar-refractivity contribution in [1.29, 1.82) is 0 Å². The Hall–Kier alpha value is -5.30. The van der Waals surface area contributed by atoms with Gasteiger partial charge in [-0.05, 0) is 89.7 Å². The number of methoxy groups -OCH3 is 4. The molecule has 0 radical (unpaired) electrons. The van der Waals surface area contributed by atoms with Gasteiger partial charge >= 0.3 is 0 Å². The van der Waals surface area contributed by atoms with Gasteiger partial charge in [-0.1, -0.05) is 38.6 Å². The summed E-state index contributed by atoms with van der Waals surface area (Å²) in [6.45, 7) is 9.55. The molecule has 12 heteroatoms. The average Bonchev–Trinajstić information content (AvgIpc) is 3.20. The van der Waals surface area contributed by atoms with Crippen LogP contribution in [0.4, 0.5) is 0 Å². The normalized spacial score (nSPS) is 10.6. The van der Waals surface area contributed by atoms with Crippen molar-refractivity contribution < 1.29 is 38.0 Å². The fourth-order valence-corrected chi connectivity index (χ4v) is 5.66. The Kier molecular flexibility index (Phi) is 21.0. The van der Waals surface area contributed by atoms with E-state index in [1.807, 2.05) is 64.3 Å². The van der Waals surface area contributed by atoms with E-state index < -0.39 is 5.91 Å². The van der Waals surface area contributed by atoms with E-state index >= 15 is 0 Å². The first-order chi connectivity index (χ1) is 27.0. The molecule has 0 bridgehead atoms. The van der Waals surface area contributed by atoms with Crippen LogP contribution in [0.5, 0.6) is 34.5 Å². The number of imide groups is 1. The van der Waals surface area contributed by atoms with E-state index in [0.29, 0.717) is 53.6 Å². The number of carbonyl (C=O) groups excluding carboxylic acids is 2. The fourth-order valence-electron chi connectivity index (χ4n) is 5.66. The lowest BCUT2D eigenvalue weighted by molar-refractivity contribution is -0.116. The van der Waals surface area contributed by atoms with E-state index in [-0.39, 0.29) is 14.0 Å². The Morgan fingerprint density at radius 2 is 1.19 bits per heavy atom. The van der Waals surface area contributed by atoms with Crippen LogP contribution in [-0.4, -0.2) is 121 Å². The third-order valence-corrected chi connectivity index (χ3v) is 8.98. The maximum atomic E-state index is 13.0. The second-order valence-corrected chi connectivity index (χ2v) is 13.6. The van der Waals surface area contributed by atoms with Crippen LogP contribution >= 0.6 is 0 Å². The number of ether oxygens (including phenoxy) is 6. The van der Waals surface area contributed by atoms with Crippen LogP contribution in [0, 0.1) is 6.92 Å². The van der Waals surface area contributed by atoms with Crippen LogP contribution in [0.2, 0.25) is 0 Å². The molecule has 312 valence electrons. The lowest BCUT2D eigenvalue weighted by Gasteiger charge is -2.22. The topological polar surface area (TPSA) is 102 Å². The van der Waals surface area contributed by atoms with E-state index in [1.165, 1.54) is 12.7 Å². The highest BCUT2D eigenvalue weighted by atomic mass is 16.5. The average molecular weight is 789 g/mol. The fraction of sp³-hybridized carbons (Fsp3) is 0.422. The van der Waals surface area contributed by atoms with E-state index in [9.17, 15) is 9.59 Å². The second-order valence-electron chi connectivity index (χ2n) is 13.6. The SMILES string of the molecule is C.CCN(Cc1cccc(OCCN(C)C)c1)Cc1ccc(OC)cc1OC.COc1ccc(CN(C=O)C(=O)c2cccc(OCCN(C)C)c2C)c(OC)c1. The Morgan fingerprint density at radius 1 is 0.632 bits per heavy atom. The molecule has 2 amide bonds. The highest BCUT2D eigenvalue weighted by Crippen LogP contribution is 2.28. The van der Waals surface area contributed by atoms with Crippen molar-refractivity contribution in [2.45, 2.75) is 40.9 Å². The molecule has 4 aromatic carbocycles. The number of hydrogen-bond acceptors (Lipinski definition) is 11. The van der Waals surface area contributed by atoms with Crippen LogP contribution in [0.15, 0.2) is 78.9 Å². The second kappa shape index (κ2) is 25.1. The summed E-state index contributed by atoms with van der Waals surface area (Å²) in [5.74, 6) is 4.00. The Bertz CT molecular complexity index is 1820. The maximum Gasteiger partial charge on any atom is 0.260 e. The molecule has 0 aromatic heterocycles. The molecule has 57 heavy (non-hydrogen) atoms. The van der Waals surface area contributed by atoms with Gasteiger partial charge in [-0.2, -0.15) is 0 Å². The zero-order valence-electron chi connectivity index (χ0n) is 34.8. The molecule has 0 aliphatic rings. The van der Waals surface area contributed by atoms with Crippen LogP contribution in [0.3, 0.4) is 0 Å². The number of carbonyl (C=O) groups is 2. The van der Waals surface area contributed by atoms with Gasteiger partial charge in [0.25, 0.3) is 5.91 Å². The molecule has 0 aliphatic carbocycles. The molecule has 0 spiro atoms. The molecule has 0 aliphatic heterocycles. The summed E-state index contributed by atoms with van der Waals surface area (Å²) in [6, 6.07) is 24.8.